The van der Waals surface area contributed by atoms with E-state index < -0.39 is 11.9 Å². The second kappa shape index (κ2) is 6.35. The van der Waals surface area contributed by atoms with Crippen molar-refractivity contribution in [2.45, 2.75) is 13.3 Å². The van der Waals surface area contributed by atoms with E-state index in [1.807, 2.05) is 6.92 Å². The van der Waals surface area contributed by atoms with Crippen LogP contribution in [0.15, 0.2) is 18.2 Å². The summed E-state index contributed by atoms with van der Waals surface area (Å²) in [4.78, 5) is 10.8. The summed E-state index contributed by atoms with van der Waals surface area (Å²) in [6.45, 7) is 2.23. The molecule has 0 fully saturated rings. The van der Waals surface area contributed by atoms with Crippen LogP contribution in [0.3, 0.4) is 0 Å². The van der Waals surface area contributed by atoms with E-state index in [4.69, 9.17) is 21.4 Å². The van der Waals surface area contributed by atoms with Crippen LogP contribution in [-0.4, -0.2) is 24.7 Å². The van der Waals surface area contributed by atoms with Crippen molar-refractivity contribution >= 4 is 23.3 Å². The second-order valence-electron chi connectivity index (χ2n) is 3.67. The van der Waals surface area contributed by atoms with Crippen molar-refractivity contribution in [2.75, 3.05) is 19.0 Å². The Morgan fingerprint density at radius 1 is 1.59 bits per heavy atom. The largest absolute Gasteiger partial charge is 0.495 e. The molecule has 0 radical (unpaired) electrons. The van der Waals surface area contributed by atoms with Gasteiger partial charge in [-0.2, -0.15) is 0 Å². The van der Waals surface area contributed by atoms with Crippen LogP contribution in [0.25, 0.3) is 0 Å². The highest BCUT2D eigenvalue weighted by molar-refractivity contribution is 6.32. The summed E-state index contributed by atoms with van der Waals surface area (Å²) in [5.74, 6) is -0.585. The Hall–Kier alpha value is -1.42. The number of ether oxygens (including phenoxy) is 1. The highest BCUT2D eigenvalue weighted by Gasteiger charge is 2.14. The van der Waals surface area contributed by atoms with Gasteiger partial charge in [-0.1, -0.05) is 18.5 Å². The van der Waals surface area contributed by atoms with Crippen LogP contribution in [0.4, 0.5) is 5.69 Å². The van der Waals surface area contributed by atoms with Gasteiger partial charge in [-0.15, -0.1) is 0 Å². The molecule has 1 aromatic rings. The van der Waals surface area contributed by atoms with Crippen LogP contribution in [0.1, 0.15) is 13.3 Å². The molecule has 0 aliphatic rings. The van der Waals surface area contributed by atoms with Crippen molar-refractivity contribution in [2.24, 2.45) is 5.92 Å². The van der Waals surface area contributed by atoms with Gasteiger partial charge in [0.1, 0.15) is 5.75 Å². The number of carboxylic acids is 1. The van der Waals surface area contributed by atoms with Crippen molar-refractivity contribution < 1.29 is 14.6 Å². The SMILES string of the molecule is CCC(CNc1ccc(OC)c(Cl)c1)C(=O)O. The molecule has 0 bridgehead atoms. The fourth-order valence-electron chi connectivity index (χ4n) is 1.42. The second-order valence-corrected chi connectivity index (χ2v) is 4.08. The molecular formula is C12H16ClNO3. The quantitative estimate of drug-likeness (QED) is 0.823. The molecule has 0 aliphatic carbocycles. The first-order valence-corrected chi connectivity index (χ1v) is 5.76. The highest BCUT2D eigenvalue weighted by atomic mass is 35.5. The number of benzene rings is 1. The molecule has 5 heteroatoms. The van der Waals surface area contributed by atoms with Gasteiger partial charge in [-0.05, 0) is 24.6 Å². The summed E-state index contributed by atoms with van der Waals surface area (Å²) in [6.07, 6.45) is 0.590. The molecule has 0 spiro atoms. The summed E-state index contributed by atoms with van der Waals surface area (Å²) in [5, 5.41) is 12.5. The van der Waals surface area contributed by atoms with E-state index in [1.54, 1.807) is 25.3 Å². The highest BCUT2D eigenvalue weighted by Crippen LogP contribution is 2.27. The van der Waals surface area contributed by atoms with Crippen molar-refractivity contribution in [1.82, 2.24) is 0 Å². The van der Waals surface area contributed by atoms with Crippen LogP contribution < -0.4 is 10.1 Å². The summed E-state index contributed by atoms with van der Waals surface area (Å²) in [5.41, 5.74) is 0.788. The number of carboxylic acid groups (broad SMARTS) is 1. The van der Waals surface area contributed by atoms with Crippen molar-refractivity contribution in [1.29, 1.82) is 0 Å². The molecular weight excluding hydrogens is 242 g/mol. The van der Waals surface area contributed by atoms with Gasteiger partial charge in [-0.25, -0.2) is 0 Å². The van der Waals surface area contributed by atoms with Crippen molar-refractivity contribution in [3.63, 3.8) is 0 Å². The smallest absolute Gasteiger partial charge is 0.308 e. The maximum Gasteiger partial charge on any atom is 0.308 e. The standard InChI is InChI=1S/C12H16ClNO3/c1-3-8(12(15)16)7-14-9-4-5-11(17-2)10(13)6-9/h4-6,8,14H,3,7H2,1-2H3,(H,15,16). The zero-order chi connectivity index (χ0) is 12.8. The number of methoxy groups -OCH3 is 1. The molecule has 94 valence electrons. The Morgan fingerprint density at radius 3 is 2.76 bits per heavy atom. The van der Waals surface area contributed by atoms with Crippen LogP contribution >= 0.6 is 11.6 Å². The summed E-state index contributed by atoms with van der Waals surface area (Å²) >= 11 is 5.96. The Balaban J connectivity index is 2.63. The molecule has 1 atom stereocenters. The van der Waals surface area contributed by atoms with E-state index in [1.165, 1.54) is 0 Å². The summed E-state index contributed by atoms with van der Waals surface area (Å²) in [7, 11) is 1.55. The average molecular weight is 258 g/mol. The minimum atomic E-state index is -0.792. The van der Waals surface area contributed by atoms with Gasteiger partial charge in [0.05, 0.1) is 18.1 Å². The lowest BCUT2D eigenvalue weighted by atomic mass is 10.1. The lowest BCUT2D eigenvalue weighted by Gasteiger charge is -2.13. The number of anilines is 1. The Morgan fingerprint density at radius 2 is 2.29 bits per heavy atom. The Labute approximate surface area is 106 Å². The van der Waals surface area contributed by atoms with Crippen LogP contribution in [-0.2, 0) is 4.79 Å². The summed E-state index contributed by atoms with van der Waals surface area (Å²) < 4.78 is 5.03. The van der Waals surface area contributed by atoms with E-state index in [0.29, 0.717) is 23.7 Å². The first-order chi connectivity index (χ1) is 8.08. The molecule has 1 aromatic carbocycles. The fraction of sp³-hybridized carbons (Fsp3) is 0.417. The first kappa shape index (κ1) is 13.6. The van der Waals surface area contributed by atoms with Crippen molar-refractivity contribution in [3.05, 3.63) is 23.2 Å². The van der Waals surface area contributed by atoms with E-state index >= 15 is 0 Å². The molecule has 0 aliphatic heterocycles. The number of carbonyl (C=O) groups is 1. The molecule has 0 amide bonds. The van der Waals surface area contributed by atoms with E-state index in [2.05, 4.69) is 5.32 Å². The Bertz CT molecular complexity index is 395. The normalized spacial score (nSPS) is 11.9. The van der Waals surface area contributed by atoms with Gasteiger partial charge >= 0.3 is 5.97 Å². The zero-order valence-electron chi connectivity index (χ0n) is 9.87. The van der Waals surface area contributed by atoms with Gasteiger partial charge in [0.25, 0.3) is 0 Å². The summed E-state index contributed by atoms with van der Waals surface area (Å²) in [6, 6.07) is 5.26. The number of nitrogens with one attached hydrogen (secondary N) is 1. The molecule has 17 heavy (non-hydrogen) atoms. The number of halogens is 1. The van der Waals surface area contributed by atoms with E-state index in [0.717, 1.165) is 5.69 Å². The Kier molecular flexibility index (Phi) is 5.10. The van der Waals surface area contributed by atoms with Crippen LogP contribution in [0.2, 0.25) is 5.02 Å². The molecule has 1 rings (SSSR count). The molecule has 4 nitrogen and oxygen atoms in total. The topological polar surface area (TPSA) is 58.6 Å². The third kappa shape index (κ3) is 3.82. The lowest BCUT2D eigenvalue weighted by Crippen LogP contribution is -2.22. The monoisotopic (exact) mass is 257 g/mol. The van der Waals surface area contributed by atoms with Crippen LogP contribution in [0, 0.1) is 5.92 Å². The van der Waals surface area contributed by atoms with Crippen molar-refractivity contribution in [3.8, 4) is 5.75 Å². The van der Waals surface area contributed by atoms with Gasteiger partial charge in [0.15, 0.2) is 0 Å². The molecule has 0 heterocycles. The van der Waals surface area contributed by atoms with Gasteiger partial charge < -0.3 is 15.2 Å². The van der Waals surface area contributed by atoms with E-state index in [-0.39, 0.29) is 0 Å². The minimum Gasteiger partial charge on any atom is -0.495 e. The molecule has 2 N–H and O–H groups in total. The first-order valence-electron chi connectivity index (χ1n) is 5.38. The molecule has 0 aromatic heterocycles. The lowest BCUT2D eigenvalue weighted by molar-refractivity contribution is -0.141. The molecule has 0 saturated carbocycles. The maximum atomic E-state index is 10.8. The predicted molar refractivity (Wildman–Crippen MR) is 67.9 cm³/mol. The number of hydrogen-bond acceptors (Lipinski definition) is 3. The predicted octanol–water partition coefficient (Wildman–Crippen LogP) is 2.87. The molecule has 1 unspecified atom stereocenters. The fourth-order valence-corrected chi connectivity index (χ4v) is 1.68. The average Bonchev–Trinajstić information content (AvgIpc) is 2.29. The number of rotatable bonds is 6. The maximum absolute atomic E-state index is 10.8. The van der Waals surface area contributed by atoms with Gasteiger partial charge in [0, 0.05) is 12.2 Å². The van der Waals surface area contributed by atoms with E-state index in [9.17, 15) is 4.79 Å². The third-order valence-electron chi connectivity index (χ3n) is 2.55. The number of hydrogen-bond donors (Lipinski definition) is 2. The molecule has 0 saturated heterocycles. The number of aliphatic carboxylic acids is 1. The van der Waals surface area contributed by atoms with Gasteiger partial charge in [0.2, 0.25) is 0 Å². The van der Waals surface area contributed by atoms with Gasteiger partial charge in [-0.3, -0.25) is 4.79 Å². The third-order valence-corrected chi connectivity index (χ3v) is 2.84. The zero-order valence-corrected chi connectivity index (χ0v) is 10.6. The minimum absolute atomic E-state index is 0.383. The van der Waals surface area contributed by atoms with Crippen LogP contribution in [0.5, 0.6) is 5.75 Å².